The van der Waals surface area contributed by atoms with Crippen molar-refractivity contribution >= 4 is 5.91 Å². The van der Waals surface area contributed by atoms with Crippen molar-refractivity contribution in [3.63, 3.8) is 0 Å². The summed E-state index contributed by atoms with van der Waals surface area (Å²) in [4.78, 5) is 11.2. The molecule has 0 bridgehead atoms. The normalized spacial score (nSPS) is 9.65. The molecule has 6 heteroatoms. The van der Waals surface area contributed by atoms with Crippen LogP contribution >= 0.6 is 0 Å². The molecule has 6 nitrogen and oxygen atoms in total. The molecule has 0 unspecified atom stereocenters. The lowest BCUT2D eigenvalue weighted by Crippen LogP contribution is -2.31. The van der Waals surface area contributed by atoms with Gasteiger partial charge in [-0.25, -0.2) is 5.84 Å². The van der Waals surface area contributed by atoms with Gasteiger partial charge >= 0.3 is 0 Å². The number of hydrogen-bond acceptors (Lipinski definition) is 5. The first-order valence-corrected chi connectivity index (χ1v) is 4.94. The fourth-order valence-electron chi connectivity index (χ4n) is 1.45. The molecule has 0 aliphatic heterocycles. The number of benzene rings is 1. The smallest absolute Gasteiger partial charge is 0.238 e. The molecule has 94 valence electrons. The molecule has 0 spiro atoms. The fourth-order valence-corrected chi connectivity index (χ4v) is 1.45. The Morgan fingerprint density at radius 3 is 2.12 bits per heavy atom. The molecule has 17 heavy (non-hydrogen) atoms. The van der Waals surface area contributed by atoms with E-state index in [-0.39, 0.29) is 12.3 Å². The van der Waals surface area contributed by atoms with E-state index in [1.54, 1.807) is 12.1 Å². The van der Waals surface area contributed by atoms with Crippen molar-refractivity contribution in [3.8, 4) is 17.2 Å². The third-order valence-corrected chi connectivity index (χ3v) is 2.30. The molecular weight excluding hydrogens is 224 g/mol. The van der Waals surface area contributed by atoms with Crippen molar-refractivity contribution in [2.45, 2.75) is 6.42 Å². The Kier molecular flexibility index (Phi) is 4.59. The van der Waals surface area contributed by atoms with E-state index in [9.17, 15) is 4.79 Å². The van der Waals surface area contributed by atoms with Crippen molar-refractivity contribution in [1.82, 2.24) is 5.43 Å². The standard InChI is InChI=1S/C11H16N2O4/c1-15-8-6-10(17-3)9(16-2)4-7(8)5-11(14)13-12/h4,6H,5,12H2,1-3H3,(H,13,14). The van der Waals surface area contributed by atoms with Crippen LogP contribution in [0.1, 0.15) is 5.56 Å². The molecule has 3 N–H and O–H groups in total. The number of methoxy groups -OCH3 is 3. The van der Waals surface area contributed by atoms with Gasteiger partial charge in [-0.2, -0.15) is 0 Å². The fraction of sp³-hybridized carbons (Fsp3) is 0.364. The Bertz CT molecular complexity index is 407. The first-order valence-electron chi connectivity index (χ1n) is 4.94. The van der Waals surface area contributed by atoms with Gasteiger partial charge in [-0.05, 0) is 6.07 Å². The number of nitrogens with two attached hydrogens (primary N) is 1. The molecule has 0 radical (unpaired) electrons. The highest BCUT2D eigenvalue weighted by Gasteiger charge is 2.13. The second-order valence-electron chi connectivity index (χ2n) is 3.26. The SMILES string of the molecule is COc1cc(OC)c(OC)cc1CC(=O)NN. The van der Waals surface area contributed by atoms with Gasteiger partial charge in [0.15, 0.2) is 11.5 Å². The number of rotatable bonds is 5. The van der Waals surface area contributed by atoms with Crippen molar-refractivity contribution in [3.05, 3.63) is 17.7 Å². The van der Waals surface area contributed by atoms with Crippen LogP contribution in [0.5, 0.6) is 17.2 Å². The Hall–Kier alpha value is -1.95. The summed E-state index contributed by atoms with van der Waals surface area (Å²) in [6.45, 7) is 0. The summed E-state index contributed by atoms with van der Waals surface area (Å²) in [5.41, 5.74) is 2.74. The van der Waals surface area contributed by atoms with Crippen LogP contribution in [0.4, 0.5) is 0 Å². The summed E-state index contributed by atoms with van der Waals surface area (Å²) in [5.74, 6) is 6.36. The number of ether oxygens (including phenoxy) is 3. The second kappa shape index (κ2) is 5.95. The highest BCUT2D eigenvalue weighted by atomic mass is 16.5. The van der Waals surface area contributed by atoms with Crippen LogP contribution in [0, 0.1) is 0 Å². The zero-order valence-corrected chi connectivity index (χ0v) is 10.1. The van der Waals surface area contributed by atoms with E-state index < -0.39 is 0 Å². The topological polar surface area (TPSA) is 82.8 Å². The zero-order valence-electron chi connectivity index (χ0n) is 10.1. The van der Waals surface area contributed by atoms with Gasteiger partial charge in [0.1, 0.15) is 5.75 Å². The van der Waals surface area contributed by atoms with Crippen LogP contribution in [0.15, 0.2) is 12.1 Å². The van der Waals surface area contributed by atoms with Gasteiger partial charge in [0, 0.05) is 11.6 Å². The lowest BCUT2D eigenvalue weighted by Gasteiger charge is -2.13. The quantitative estimate of drug-likeness (QED) is 0.438. The predicted molar refractivity (Wildman–Crippen MR) is 62.1 cm³/mol. The molecule has 0 atom stereocenters. The number of carbonyl (C=O) groups excluding carboxylic acids is 1. The minimum Gasteiger partial charge on any atom is -0.496 e. The highest BCUT2D eigenvalue weighted by molar-refractivity contribution is 5.79. The van der Waals surface area contributed by atoms with E-state index >= 15 is 0 Å². The van der Waals surface area contributed by atoms with Crippen molar-refractivity contribution in [1.29, 1.82) is 0 Å². The Labute approximate surface area is 99.6 Å². The number of amides is 1. The molecular formula is C11H16N2O4. The molecule has 0 heterocycles. The number of carbonyl (C=O) groups is 1. The maximum Gasteiger partial charge on any atom is 0.238 e. The summed E-state index contributed by atoms with van der Waals surface area (Å²) in [6, 6.07) is 3.35. The van der Waals surface area contributed by atoms with Gasteiger partial charge in [0.2, 0.25) is 5.91 Å². The largest absolute Gasteiger partial charge is 0.496 e. The molecule has 1 aromatic rings. The van der Waals surface area contributed by atoms with E-state index in [4.69, 9.17) is 20.1 Å². The molecule has 0 saturated carbocycles. The minimum absolute atomic E-state index is 0.111. The van der Waals surface area contributed by atoms with Crippen LogP contribution in [0.25, 0.3) is 0 Å². The van der Waals surface area contributed by atoms with Gasteiger partial charge in [-0.1, -0.05) is 0 Å². The average Bonchev–Trinajstić information content (AvgIpc) is 2.37. The molecule has 0 aliphatic carbocycles. The van der Waals surface area contributed by atoms with Crippen molar-refractivity contribution in [2.24, 2.45) is 5.84 Å². The average molecular weight is 240 g/mol. The minimum atomic E-state index is -0.310. The van der Waals surface area contributed by atoms with Crippen LogP contribution in [-0.4, -0.2) is 27.2 Å². The molecule has 0 aromatic heterocycles. The maximum absolute atomic E-state index is 11.2. The first-order chi connectivity index (χ1) is 8.15. The van der Waals surface area contributed by atoms with E-state index in [1.807, 2.05) is 0 Å². The van der Waals surface area contributed by atoms with E-state index in [0.717, 1.165) is 0 Å². The number of hydrogen-bond donors (Lipinski definition) is 2. The van der Waals surface area contributed by atoms with Gasteiger partial charge < -0.3 is 14.2 Å². The van der Waals surface area contributed by atoms with E-state index in [2.05, 4.69) is 5.43 Å². The summed E-state index contributed by atoms with van der Waals surface area (Å²) < 4.78 is 15.5. The maximum atomic E-state index is 11.2. The Morgan fingerprint density at radius 1 is 1.12 bits per heavy atom. The molecule has 0 saturated heterocycles. The van der Waals surface area contributed by atoms with E-state index in [0.29, 0.717) is 22.8 Å². The molecule has 0 aliphatic rings. The van der Waals surface area contributed by atoms with Gasteiger partial charge in [0.05, 0.1) is 27.8 Å². The third-order valence-electron chi connectivity index (χ3n) is 2.30. The monoisotopic (exact) mass is 240 g/mol. The molecule has 0 fully saturated rings. The van der Waals surface area contributed by atoms with Gasteiger partial charge in [0.25, 0.3) is 0 Å². The van der Waals surface area contributed by atoms with Gasteiger partial charge in [-0.15, -0.1) is 0 Å². The van der Waals surface area contributed by atoms with Crippen molar-refractivity contribution < 1.29 is 19.0 Å². The lowest BCUT2D eigenvalue weighted by atomic mass is 10.1. The third kappa shape index (κ3) is 3.01. The summed E-state index contributed by atoms with van der Waals surface area (Å²) >= 11 is 0. The first kappa shape index (κ1) is 13.1. The van der Waals surface area contributed by atoms with Gasteiger partial charge in [-0.3, -0.25) is 10.2 Å². The molecule has 1 aromatic carbocycles. The number of nitrogens with one attached hydrogen (secondary N) is 1. The van der Waals surface area contributed by atoms with Crippen LogP contribution < -0.4 is 25.5 Å². The van der Waals surface area contributed by atoms with Crippen LogP contribution in [0.2, 0.25) is 0 Å². The van der Waals surface area contributed by atoms with Crippen molar-refractivity contribution in [2.75, 3.05) is 21.3 Å². The summed E-state index contributed by atoms with van der Waals surface area (Å²) in [6.07, 6.45) is 0.111. The zero-order chi connectivity index (χ0) is 12.8. The Balaban J connectivity index is 3.14. The summed E-state index contributed by atoms with van der Waals surface area (Å²) in [7, 11) is 4.58. The predicted octanol–water partition coefficient (Wildman–Crippen LogP) is 0.245. The molecule has 1 amide bonds. The lowest BCUT2D eigenvalue weighted by molar-refractivity contribution is -0.120. The summed E-state index contributed by atoms with van der Waals surface area (Å²) in [5, 5.41) is 0. The number of hydrazine groups is 1. The van der Waals surface area contributed by atoms with Crippen LogP contribution in [-0.2, 0) is 11.2 Å². The van der Waals surface area contributed by atoms with E-state index in [1.165, 1.54) is 21.3 Å². The highest BCUT2D eigenvalue weighted by Crippen LogP contribution is 2.34. The van der Waals surface area contributed by atoms with Crippen LogP contribution in [0.3, 0.4) is 0 Å². The Morgan fingerprint density at radius 2 is 1.65 bits per heavy atom. The molecule has 1 rings (SSSR count). The second-order valence-corrected chi connectivity index (χ2v) is 3.26.